The van der Waals surface area contributed by atoms with Gasteiger partial charge >= 0.3 is 6.18 Å². The molecule has 0 fully saturated rings. The van der Waals surface area contributed by atoms with Crippen LogP contribution in [0.2, 0.25) is 0 Å². The van der Waals surface area contributed by atoms with E-state index in [-0.39, 0.29) is 10.3 Å². The maximum atomic E-state index is 12.7. The number of H-pyrrole nitrogens is 1. The molecule has 8 heteroatoms. The molecule has 4 nitrogen and oxygen atoms in total. The summed E-state index contributed by atoms with van der Waals surface area (Å²) in [5, 5.41) is 2.91. The fraction of sp³-hybridized carbons (Fsp3) is 0.0833. The molecule has 102 valence electrons. The van der Waals surface area contributed by atoms with Gasteiger partial charge in [0.2, 0.25) is 0 Å². The van der Waals surface area contributed by atoms with Gasteiger partial charge in [0.1, 0.15) is 10.3 Å². The van der Waals surface area contributed by atoms with Crippen LogP contribution < -0.4 is 0 Å². The molecule has 3 rings (SSSR count). The normalized spacial score (nSPS) is 11.9. The van der Waals surface area contributed by atoms with E-state index in [9.17, 15) is 13.2 Å². The van der Waals surface area contributed by atoms with Crippen LogP contribution >= 0.6 is 12.2 Å². The molecule has 0 atom stereocenters. The van der Waals surface area contributed by atoms with Crippen LogP contribution in [0, 0.1) is 4.64 Å². The lowest BCUT2D eigenvalue weighted by Gasteiger charge is -2.05. The van der Waals surface area contributed by atoms with E-state index < -0.39 is 11.9 Å². The van der Waals surface area contributed by atoms with Crippen LogP contribution in [0.5, 0.6) is 0 Å². The molecule has 1 N–H and O–H groups in total. The molecule has 0 saturated heterocycles. The Morgan fingerprint density at radius 3 is 2.50 bits per heavy atom. The number of hydrogen-bond donors (Lipinski definition) is 1. The van der Waals surface area contributed by atoms with Crippen LogP contribution in [-0.2, 0) is 6.18 Å². The van der Waals surface area contributed by atoms with Gasteiger partial charge in [-0.25, -0.2) is 9.50 Å². The molecular weight excluding hydrogens is 289 g/mol. The number of nitrogens with zero attached hydrogens (tertiary/aromatic N) is 3. The van der Waals surface area contributed by atoms with Crippen molar-refractivity contribution < 1.29 is 13.2 Å². The molecule has 0 saturated carbocycles. The van der Waals surface area contributed by atoms with Crippen molar-refractivity contribution in [3.63, 3.8) is 0 Å². The second-order valence-corrected chi connectivity index (χ2v) is 4.49. The lowest BCUT2D eigenvalue weighted by atomic mass is 10.2. The van der Waals surface area contributed by atoms with Gasteiger partial charge in [-0.15, -0.1) is 0 Å². The first-order valence-corrected chi connectivity index (χ1v) is 5.96. The quantitative estimate of drug-likeness (QED) is 0.699. The van der Waals surface area contributed by atoms with Gasteiger partial charge in [0.05, 0.1) is 5.69 Å². The number of rotatable bonds is 1. The summed E-state index contributed by atoms with van der Waals surface area (Å²) in [6.07, 6.45) is -1.33. The van der Waals surface area contributed by atoms with Crippen molar-refractivity contribution in [2.45, 2.75) is 6.18 Å². The SMILES string of the molecule is FC(F)(F)c1cc(=S)n2[nH]c(-c3ccncc3)cc2n1. The smallest absolute Gasteiger partial charge is 0.291 e. The van der Waals surface area contributed by atoms with E-state index in [1.807, 2.05) is 0 Å². The summed E-state index contributed by atoms with van der Waals surface area (Å²) in [7, 11) is 0. The van der Waals surface area contributed by atoms with Crippen molar-refractivity contribution in [1.29, 1.82) is 0 Å². The topological polar surface area (TPSA) is 46.0 Å². The van der Waals surface area contributed by atoms with Crippen LogP contribution in [0.15, 0.2) is 36.7 Å². The van der Waals surface area contributed by atoms with E-state index in [1.54, 1.807) is 24.5 Å². The van der Waals surface area contributed by atoms with Crippen molar-refractivity contribution in [3.05, 3.63) is 47.0 Å². The van der Waals surface area contributed by atoms with Crippen molar-refractivity contribution in [3.8, 4) is 11.3 Å². The Balaban J connectivity index is 2.22. The number of nitrogens with one attached hydrogen (secondary N) is 1. The zero-order valence-electron chi connectivity index (χ0n) is 9.85. The number of fused-ring (bicyclic) bond motifs is 1. The third-order valence-electron chi connectivity index (χ3n) is 2.73. The highest BCUT2D eigenvalue weighted by Crippen LogP contribution is 2.28. The molecule has 0 aliphatic carbocycles. The highest BCUT2D eigenvalue weighted by atomic mass is 32.1. The standard InChI is InChI=1S/C12H7F3N4S/c13-12(14,15)9-6-11(20)19-10(17-9)5-8(18-19)7-1-3-16-4-2-7/h1-6,18H. The highest BCUT2D eigenvalue weighted by molar-refractivity contribution is 7.71. The van der Waals surface area contributed by atoms with Gasteiger partial charge in [-0.2, -0.15) is 13.2 Å². The zero-order valence-corrected chi connectivity index (χ0v) is 10.7. The second kappa shape index (κ2) is 4.41. The van der Waals surface area contributed by atoms with Gasteiger partial charge in [-0.3, -0.25) is 10.1 Å². The molecule has 0 radical (unpaired) electrons. The highest BCUT2D eigenvalue weighted by Gasteiger charge is 2.33. The predicted molar refractivity (Wildman–Crippen MR) is 68.6 cm³/mol. The predicted octanol–water partition coefficient (Wildman–Crippen LogP) is 3.47. The van der Waals surface area contributed by atoms with Crippen molar-refractivity contribution in [2.75, 3.05) is 0 Å². The van der Waals surface area contributed by atoms with Crippen LogP contribution in [0.4, 0.5) is 13.2 Å². The molecule has 0 bridgehead atoms. The second-order valence-electron chi connectivity index (χ2n) is 4.08. The molecule has 0 aliphatic rings. The zero-order chi connectivity index (χ0) is 14.3. The van der Waals surface area contributed by atoms with E-state index >= 15 is 0 Å². The minimum Gasteiger partial charge on any atom is -0.291 e. The first-order valence-electron chi connectivity index (χ1n) is 5.55. The summed E-state index contributed by atoms with van der Waals surface area (Å²) in [5.41, 5.74) is 0.526. The van der Waals surface area contributed by atoms with Crippen LogP contribution in [0.1, 0.15) is 5.69 Å². The van der Waals surface area contributed by atoms with Crippen molar-refractivity contribution >= 4 is 17.9 Å². The largest absolute Gasteiger partial charge is 0.433 e. The average molecular weight is 296 g/mol. The van der Waals surface area contributed by atoms with Gasteiger partial charge in [0.15, 0.2) is 5.65 Å². The molecule has 0 aliphatic heterocycles. The molecule has 0 amide bonds. The Bertz CT molecular complexity index is 820. The first-order chi connectivity index (χ1) is 9.45. The van der Waals surface area contributed by atoms with Crippen LogP contribution in [0.3, 0.4) is 0 Å². The Kier molecular flexibility index (Phi) is 2.82. The first kappa shape index (κ1) is 12.8. The Morgan fingerprint density at radius 1 is 1.15 bits per heavy atom. The molecule has 0 unspecified atom stereocenters. The fourth-order valence-corrected chi connectivity index (χ4v) is 2.07. The summed E-state index contributed by atoms with van der Waals surface area (Å²) >= 11 is 4.95. The Morgan fingerprint density at radius 2 is 1.85 bits per heavy atom. The van der Waals surface area contributed by atoms with E-state index in [2.05, 4.69) is 15.1 Å². The summed E-state index contributed by atoms with van der Waals surface area (Å²) in [5.74, 6) is 0. The third-order valence-corrected chi connectivity index (χ3v) is 3.03. The van der Waals surface area contributed by atoms with E-state index in [4.69, 9.17) is 12.2 Å². The van der Waals surface area contributed by atoms with E-state index in [1.165, 1.54) is 10.6 Å². The third kappa shape index (κ3) is 2.18. The minimum absolute atomic E-state index is 0.0163. The number of alkyl halides is 3. The molecular formula is C12H7F3N4S. The molecule has 20 heavy (non-hydrogen) atoms. The molecule has 3 heterocycles. The number of halogens is 3. The Labute approximate surface area is 115 Å². The van der Waals surface area contributed by atoms with Gasteiger partial charge < -0.3 is 0 Å². The van der Waals surface area contributed by atoms with Crippen molar-refractivity contribution in [2.24, 2.45) is 0 Å². The summed E-state index contributed by atoms with van der Waals surface area (Å²) in [6.45, 7) is 0. The Hall–Kier alpha value is -2.22. The summed E-state index contributed by atoms with van der Waals surface area (Å²) in [6, 6.07) is 5.81. The van der Waals surface area contributed by atoms with Gasteiger partial charge in [-0.05, 0) is 12.1 Å². The number of aromatic amines is 1. The van der Waals surface area contributed by atoms with E-state index in [0.29, 0.717) is 5.69 Å². The van der Waals surface area contributed by atoms with Gasteiger partial charge in [0, 0.05) is 30.1 Å². The monoisotopic (exact) mass is 296 g/mol. The maximum absolute atomic E-state index is 12.7. The van der Waals surface area contributed by atoms with Crippen molar-refractivity contribution in [1.82, 2.24) is 19.6 Å². The van der Waals surface area contributed by atoms with Gasteiger partial charge in [-0.1, -0.05) is 12.2 Å². The lowest BCUT2D eigenvalue weighted by molar-refractivity contribution is -0.141. The summed E-state index contributed by atoms with van der Waals surface area (Å²) < 4.78 is 39.4. The minimum atomic E-state index is -4.52. The molecule has 3 aromatic heterocycles. The number of pyridine rings is 1. The van der Waals surface area contributed by atoms with Crippen LogP contribution in [0.25, 0.3) is 16.9 Å². The van der Waals surface area contributed by atoms with Crippen LogP contribution in [-0.4, -0.2) is 19.6 Å². The summed E-state index contributed by atoms with van der Waals surface area (Å²) in [4.78, 5) is 7.46. The van der Waals surface area contributed by atoms with E-state index in [0.717, 1.165) is 11.6 Å². The number of hydrogen-bond acceptors (Lipinski definition) is 3. The maximum Gasteiger partial charge on any atom is 0.433 e. The molecule has 0 aromatic carbocycles. The van der Waals surface area contributed by atoms with Gasteiger partial charge in [0.25, 0.3) is 0 Å². The fourth-order valence-electron chi connectivity index (χ4n) is 1.82. The molecule has 3 aromatic rings. The number of aromatic nitrogens is 4. The lowest BCUT2D eigenvalue weighted by Crippen LogP contribution is -2.09. The molecule has 0 spiro atoms. The average Bonchev–Trinajstić information content (AvgIpc) is 2.83.